The third-order valence-electron chi connectivity index (χ3n) is 7.10. The highest BCUT2D eigenvalue weighted by molar-refractivity contribution is 7.80. The Balaban J connectivity index is 1.53. The molecule has 0 radical (unpaired) electrons. The van der Waals surface area contributed by atoms with Crippen molar-refractivity contribution in [1.82, 2.24) is 9.80 Å². The lowest BCUT2D eigenvalue weighted by molar-refractivity contribution is -0.121. The molecule has 2 saturated heterocycles. The number of hydrogen-bond donors (Lipinski definition) is 2. The number of piperidine rings is 2. The minimum absolute atomic E-state index is 0.0168. The molecule has 2 N–H and O–H groups in total. The summed E-state index contributed by atoms with van der Waals surface area (Å²) >= 11 is -2.26. The Labute approximate surface area is 221 Å². The molecule has 2 aromatic carbocycles. The van der Waals surface area contributed by atoms with Crippen molar-refractivity contribution in [3.05, 3.63) is 36.4 Å². The third kappa shape index (κ3) is 6.61. The van der Waals surface area contributed by atoms with E-state index >= 15 is 0 Å². The van der Waals surface area contributed by atoms with Gasteiger partial charge in [-0.2, -0.15) is 0 Å². The van der Waals surface area contributed by atoms with Gasteiger partial charge in [0.15, 0.2) is 0 Å². The Kier molecular flexibility index (Phi) is 8.40. The van der Waals surface area contributed by atoms with Gasteiger partial charge in [0.1, 0.15) is 5.60 Å². The van der Waals surface area contributed by atoms with Crippen LogP contribution in [0.2, 0.25) is 0 Å². The highest BCUT2D eigenvalue weighted by atomic mass is 32.2. The maximum Gasteiger partial charge on any atom is 0.410 e. The molecular formula is C27H38N4O5S. The van der Waals surface area contributed by atoms with E-state index in [4.69, 9.17) is 4.74 Å². The fourth-order valence-corrected chi connectivity index (χ4v) is 5.90. The molecule has 2 aliphatic rings. The van der Waals surface area contributed by atoms with Crippen LogP contribution < -0.4 is 9.62 Å². The minimum atomic E-state index is -2.26. The van der Waals surface area contributed by atoms with Gasteiger partial charge in [0.25, 0.3) is 11.3 Å². The average Bonchev–Trinajstić information content (AvgIpc) is 2.85. The summed E-state index contributed by atoms with van der Waals surface area (Å²) in [6, 6.07) is 11.0. The number of carbonyl (C=O) groups excluding carboxylic acids is 2. The summed E-state index contributed by atoms with van der Waals surface area (Å²) < 4.78 is 29.9. The molecule has 0 saturated carbocycles. The lowest BCUT2D eigenvalue weighted by Crippen LogP contribution is -2.48. The molecule has 0 spiro atoms. The smallest absolute Gasteiger partial charge is 0.410 e. The molecule has 2 aromatic rings. The van der Waals surface area contributed by atoms with Crippen LogP contribution in [0.4, 0.5) is 16.2 Å². The molecule has 0 aliphatic carbocycles. The van der Waals surface area contributed by atoms with Gasteiger partial charge >= 0.3 is 6.09 Å². The van der Waals surface area contributed by atoms with Gasteiger partial charge in [-0.3, -0.25) is 13.7 Å². The van der Waals surface area contributed by atoms with Crippen LogP contribution in [0.1, 0.15) is 46.5 Å². The van der Waals surface area contributed by atoms with E-state index in [1.807, 2.05) is 51.1 Å². The van der Waals surface area contributed by atoms with Crippen molar-refractivity contribution in [3.63, 3.8) is 0 Å². The first kappa shape index (κ1) is 27.3. The monoisotopic (exact) mass is 530 g/mol. The number of amides is 2. The Morgan fingerprint density at radius 3 is 2.22 bits per heavy atom. The number of benzene rings is 2. The van der Waals surface area contributed by atoms with Crippen LogP contribution in [0.5, 0.6) is 0 Å². The molecule has 2 heterocycles. The quantitative estimate of drug-likeness (QED) is 0.554. The molecule has 37 heavy (non-hydrogen) atoms. The van der Waals surface area contributed by atoms with E-state index in [2.05, 4.69) is 17.3 Å². The highest BCUT2D eigenvalue weighted by Gasteiger charge is 2.33. The second-order valence-electron chi connectivity index (χ2n) is 11.0. The second kappa shape index (κ2) is 11.4. The molecule has 1 unspecified atom stereocenters. The largest absolute Gasteiger partial charge is 0.444 e. The molecule has 202 valence electrons. The molecule has 10 heteroatoms. The summed E-state index contributed by atoms with van der Waals surface area (Å²) in [4.78, 5) is 29.3. The maximum absolute atomic E-state index is 13.0. The fourth-order valence-electron chi connectivity index (χ4n) is 5.11. The Morgan fingerprint density at radius 1 is 1.00 bits per heavy atom. The summed E-state index contributed by atoms with van der Waals surface area (Å²) in [6.07, 6.45) is 2.37. The third-order valence-corrected chi connectivity index (χ3v) is 7.93. The topological polar surface area (TPSA) is 102 Å². The van der Waals surface area contributed by atoms with Crippen LogP contribution >= 0.6 is 0 Å². The molecule has 9 nitrogen and oxygen atoms in total. The molecular weight excluding hydrogens is 492 g/mol. The van der Waals surface area contributed by atoms with Crippen molar-refractivity contribution in [3.8, 4) is 0 Å². The van der Waals surface area contributed by atoms with E-state index in [1.165, 1.54) is 4.31 Å². The fraction of sp³-hybridized carbons (Fsp3) is 0.556. The van der Waals surface area contributed by atoms with E-state index in [0.29, 0.717) is 37.3 Å². The number of fused-ring (bicyclic) bond motifs is 1. The summed E-state index contributed by atoms with van der Waals surface area (Å²) in [6.45, 7) is 8.19. The van der Waals surface area contributed by atoms with Crippen molar-refractivity contribution in [2.45, 2.75) is 58.1 Å². The summed E-state index contributed by atoms with van der Waals surface area (Å²) in [5.74, 6) is -0.00523. The van der Waals surface area contributed by atoms with Crippen molar-refractivity contribution in [2.24, 2.45) is 5.92 Å². The van der Waals surface area contributed by atoms with E-state index in [-0.39, 0.29) is 24.0 Å². The van der Waals surface area contributed by atoms with Gasteiger partial charge in [-0.1, -0.05) is 24.3 Å². The molecule has 0 aromatic heterocycles. The number of nitrogens with one attached hydrogen (secondary N) is 1. The zero-order valence-electron chi connectivity index (χ0n) is 22.1. The number of rotatable bonds is 5. The summed E-state index contributed by atoms with van der Waals surface area (Å²) in [5.41, 5.74) is 0.756. The normalized spacial score (nSPS) is 19.0. The van der Waals surface area contributed by atoms with Crippen LogP contribution in [0.25, 0.3) is 10.8 Å². The lowest BCUT2D eigenvalue weighted by Gasteiger charge is -2.38. The van der Waals surface area contributed by atoms with E-state index in [1.54, 1.807) is 11.0 Å². The number of ether oxygens (including phenoxy) is 1. The summed E-state index contributed by atoms with van der Waals surface area (Å²) in [7, 11) is 2.07. The van der Waals surface area contributed by atoms with Gasteiger partial charge in [-0.05, 0) is 78.7 Å². The van der Waals surface area contributed by atoms with Gasteiger partial charge < -0.3 is 19.9 Å². The number of likely N-dealkylation sites (tertiary alicyclic amines) is 2. The molecule has 2 fully saturated rings. The second-order valence-corrected chi connectivity index (χ2v) is 11.9. The van der Waals surface area contributed by atoms with Crippen LogP contribution in [0.15, 0.2) is 36.4 Å². The summed E-state index contributed by atoms with van der Waals surface area (Å²) in [5, 5.41) is 4.72. The molecule has 2 aliphatic heterocycles. The van der Waals surface area contributed by atoms with Crippen molar-refractivity contribution >= 4 is 45.4 Å². The average molecular weight is 531 g/mol. The van der Waals surface area contributed by atoms with Gasteiger partial charge in [-0.15, -0.1) is 0 Å². The zero-order chi connectivity index (χ0) is 26.7. The minimum Gasteiger partial charge on any atom is -0.444 e. The van der Waals surface area contributed by atoms with Crippen LogP contribution in [0, 0.1) is 5.92 Å². The number of carbonyl (C=O) groups is 2. The van der Waals surface area contributed by atoms with Crippen molar-refractivity contribution in [1.29, 1.82) is 0 Å². The van der Waals surface area contributed by atoms with E-state index in [0.717, 1.165) is 36.7 Å². The predicted octanol–water partition coefficient (Wildman–Crippen LogP) is 4.46. The Bertz CT molecular complexity index is 1150. The van der Waals surface area contributed by atoms with Crippen LogP contribution in [0.3, 0.4) is 0 Å². The lowest BCUT2D eigenvalue weighted by atomic mass is 9.96. The number of hydrogen-bond acceptors (Lipinski definition) is 5. The van der Waals surface area contributed by atoms with Gasteiger partial charge in [-0.25, -0.2) is 9.00 Å². The first-order valence-electron chi connectivity index (χ1n) is 12.9. The van der Waals surface area contributed by atoms with Gasteiger partial charge in [0, 0.05) is 41.5 Å². The SMILES string of the molecule is CN1CCC(C(=O)Nc2ccc(N(C3CCN(C(=O)OC(C)(C)C)CC3)S(=O)O)c3ccccc23)CC1. The first-order valence-corrected chi connectivity index (χ1v) is 14.0. The van der Waals surface area contributed by atoms with E-state index < -0.39 is 16.9 Å². The standard InChI is InChI=1S/C27H38N4O5S/c1-27(2,3)36-26(33)30-17-13-20(14-18-30)31(37(34)35)24-10-9-23(21-7-5-6-8-22(21)24)28-25(32)19-11-15-29(4)16-12-19/h5-10,19-20H,11-18H2,1-4H3,(H,28,32)(H,34,35). The van der Waals surface area contributed by atoms with E-state index in [9.17, 15) is 18.4 Å². The molecule has 0 bridgehead atoms. The van der Waals surface area contributed by atoms with Gasteiger partial charge in [0.2, 0.25) is 5.91 Å². The Hall–Kier alpha value is -2.69. The maximum atomic E-state index is 13.0. The van der Waals surface area contributed by atoms with Crippen LogP contribution in [-0.4, -0.2) is 75.4 Å². The predicted molar refractivity (Wildman–Crippen MR) is 147 cm³/mol. The molecule has 4 rings (SSSR count). The van der Waals surface area contributed by atoms with Crippen molar-refractivity contribution < 1.29 is 23.1 Å². The molecule has 1 atom stereocenters. The first-order chi connectivity index (χ1) is 17.5. The zero-order valence-corrected chi connectivity index (χ0v) is 22.9. The highest BCUT2D eigenvalue weighted by Crippen LogP contribution is 2.36. The number of anilines is 2. The van der Waals surface area contributed by atoms with Gasteiger partial charge in [0.05, 0.1) is 5.69 Å². The number of nitrogens with zero attached hydrogens (tertiary/aromatic N) is 3. The Morgan fingerprint density at radius 2 is 1.62 bits per heavy atom. The van der Waals surface area contributed by atoms with Crippen molar-refractivity contribution in [2.75, 3.05) is 42.8 Å². The molecule has 2 amide bonds. The van der Waals surface area contributed by atoms with Crippen LogP contribution in [-0.2, 0) is 20.8 Å².